The largest absolute Gasteiger partial charge is 0.324 e. The summed E-state index contributed by atoms with van der Waals surface area (Å²) in [7, 11) is -2.97. The van der Waals surface area contributed by atoms with Gasteiger partial charge in [-0.05, 0) is 19.8 Å². The molecule has 19 heavy (non-hydrogen) atoms. The summed E-state index contributed by atoms with van der Waals surface area (Å²) in [5.74, 6) is 0.316. The van der Waals surface area contributed by atoms with E-state index < -0.39 is 9.84 Å². The SMILES string of the molecule is CCc1nn(CCS(=O)(=O)CC)c(CC)c1C(C)N. The van der Waals surface area contributed by atoms with Gasteiger partial charge in [0.05, 0.1) is 18.0 Å². The Kier molecular flexibility index (Phi) is 5.55. The molecule has 0 aliphatic heterocycles. The maximum atomic E-state index is 11.6. The van der Waals surface area contributed by atoms with Crippen LogP contribution in [0.15, 0.2) is 0 Å². The lowest BCUT2D eigenvalue weighted by Crippen LogP contribution is -2.17. The van der Waals surface area contributed by atoms with Crippen LogP contribution in [0.25, 0.3) is 0 Å². The summed E-state index contributed by atoms with van der Waals surface area (Å²) in [6.07, 6.45) is 1.63. The van der Waals surface area contributed by atoms with Crippen LogP contribution in [-0.2, 0) is 29.2 Å². The molecule has 5 nitrogen and oxygen atoms in total. The van der Waals surface area contributed by atoms with Gasteiger partial charge < -0.3 is 5.73 Å². The second-order valence-electron chi connectivity index (χ2n) is 4.76. The highest BCUT2D eigenvalue weighted by molar-refractivity contribution is 7.91. The highest BCUT2D eigenvalue weighted by Crippen LogP contribution is 2.22. The molecule has 110 valence electrons. The smallest absolute Gasteiger partial charge is 0.151 e. The molecule has 1 heterocycles. The molecule has 0 aliphatic carbocycles. The molecule has 0 aliphatic rings. The minimum atomic E-state index is -2.97. The first-order chi connectivity index (χ1) is 8.86. The van der Waals surface area contributed by atoms with E-state index >= 15 is 0 Å². The lowest BCUT2D eigenvalue weighted by Gasteiger charge is -2.10. The molecule has 0 amide bonds. The summed E-state index contributed by atoms with van der Waals surface area (Å²) in [6.45, 7) is 8.12. The van der Waals surface area contributed by atoms with Gasteiger partial charge in [0.15, 0.2) is 9.84 Å². The second kappa shape index (κ2) is 6.52. The Balaban J connectivity index is 3.08. The standard InChI is InChI=1S/C13H25N3O2S/c1-5-11-13(10(4)14)12(6-2)16(15-11)8-9-19(17,18)7-3/h10H,5-9,14H2,1-4H3. The third-order valence-corrected chi connectivity index (χ3v) is 5.04. The number of nitrogens with zero attached hydrogens (tertiary/aromatic N) is 2. The molecule has 1 unspecified atom stereocenters. The maximum Gasteiger partial charge on any atom is 0.151 e. The van der Waals surface area contributed by atoms with Crippen molar-refractivity contribution in [3.05, 3.63) is 17.0 Å². The predicted octanol–water partition coefficient (Wildman–Crippen LogP) is 1.46. The van der Waals surface area contributed by atoms with Crippen LogP contribution in [0, 0.1) is 0 Å². The number of aromatic nitrogens is 2. The zero-order valence-corrected chi connectivity index (χ0v) is 13.1. The quantitative estimate of drug-likeness (QED) is 0.823. The number of aryl methyl sites for hydroxylation is 2. The molecular weight excluding hydrogens is 262 g/mol. The average Bonchev–Trinajstić information content (AvgIpc) is 2.74. The van der Waals surface area contributed by atoms with E-state index in [1.54, 1.807) is 6.92 Å². The highest BCUT2D eigenvalue weighted by atomic mass is 32.2. The van der Waals surface area contributed by atoms with Crippen molar-refractivity contribution in [2.45, 2.75) is 53.1 Å². The van der Waals surface area contributed by atoms with Crippen LogP contribution in [0.1, 0.15) is 50.7 Å². The van der Waals surface area contributed by atoms with Crippen LogP contribution in [0.2, 0.25) is 0 Å². The Hall–Kier alpha value is -0.880. The fourth-order valence-electron chi connectivity index (χ4n) is 2.28. The van der Waals surface area contributed by atoms with E-state index in [1.807, 2.05) is 25.5 Å². The van der Waals surface area contributed by atoms with Gasteiger partial charge in [0.1, 0.15) is 0 Å². The number of sulfone groups is 1. The van der Waals surface area contributed by atoms with Crippen LogP contribution < -0.4 is 5.73 Å². The summed E-state index contributed by atoms with van der Waals surface area (Å²) in [5, 5.41) is 4.53. The summed E-state index contributed by atoms with van der Waals surface area (Å²) in [4.78, 5) is 0. The first-order valence-electron chi connectivity index (χ1n) is 6.90. The van der Waals surface area contributed by atoms with Gasteiger partial charge in [-0.15, -0.1) is 0 Å². The third kappa shape index (κ3) is 3.79. The van der Waals surface area contributed by atoms with E-state index in [0.717, 1.165) is 29.8 Å². The lowest BCUT2D eigenvalue weighted by atomic mass is 10.0. The molecular formula is C13H25N3O2S. The molecule has 1 aromatic heterocycles. The zero-order valence-electron chi connectivity index (χ0n) is 12.3. The van der Waals surface area contributed by atoms with Gasteiger partial charge >= 0.3 is 0 Å². The van der Waals surface area contributed by atoms with E-state index in [-0.39, 0.29) is 17.5 Å². The Morgan fingerprint density at radius 3 is 2.32 bits per heavy atom. The average molecular weight is 287 g/mol. The minimum absolute atomic E-state index is 0.0681. The minimum Gasteiger partial charge on any atom is -0.324 e. The van der Waals surface area contributed by atoms with E-state index in [1.165, 1.54) is 0 Å². The Bertz CT molecular complexity index is 518. The van der Waals surface area contributed by atoms with Crippen LogP contribution >= 0.6 is 0 Å². The zero-order chi connectivity index (χ0) is 14.6. The molecule has 2 N–H and O–H groups in total. The monoisotopic (exact) mass is 287 g/mol. The molecule has 0 saturated carbocycles. The first-order valence-corrected chi connectivity index (χ1v) is 8.72. The summed E-state index contributed by atoms with van der Waals surface area (Å²) in [5.41, 5.74) is 9.15. The molecule has 1 atom stereocenters. The van der Waals surface area contributed by atoms with Gasteiger partial charge in [0, 0.05) is 23.1 Å². The van der Waals surface area contributed by atoms with Crippen LogP contribution in [0.4, 0.5) is 0 Å². The van der Waals surface area contributed by atoms with Crippen LogP contribution in [0.5, 0.6) is 0 Å². The molecule has 0 saturated heterocycles. The lowest BCUT2D eigenvalue weighted by molar-refractivity contribution is 0.572. The maximum absolute atomic E-state index is 11.6. The normalized spacial score (nSPS) is 13.7. The molecule has 0 fully saturated rings. The van der Waals surface area contributed by atoms with E-state index in [2.05, 4.69) is 5.10 Å². The van der Waals surface area contributed by atoms with E-state index in [0.29, 0.717) is 6.54 Å². The second-order valence-corrected chi connectivity index (χ2v) is 7.24. The summed E-state index contributed by atoms with van der Waals surface area (Å²) < 4.78 is 25.0. The highest BCUT2D eigenvalue weighted by Gasteiger charge is 2.19. The van der Waals surface area contributed by atoms with Crippen molar-refractivity contribution < 1.29 is 8.42 Å². The number of hydrogen-bond donors (Lipinski definition) is 1. The van der Waals surface area contributed by atoms with Gasteiger partial charge in [-0.1, -0.05) is 20.8 Å². The van der Waals surface area contributed by atoms with Crippen molar-refractivity contribution in [1.29, 1.82) is 0 Å². The van der Waals surface area contributed by atoms with Crippen molar-refractivity contribution in [3.63, 3.8) is 0 Å². The molecule has 0 bridgehead atoms. The van der Waals surface area contributed by atoms with Crippen molar-refractivity contribution >= 4 is 9.84 Å². The Morgan fingerprint density at radius 1 is 1.26 bits per heavy atom. The Morgan fingerprint density at radius 2 is 1.89 bits per heavy atom. The van der Waals surface area contributed by atoms with E-state index in [4.69, 9.17) is 5.73 Å². The van der Waals surface area contributed by atoms with Crippen molar-refractivity contribution in [3.8, 4) is 0 Å². The topological polar surface area (TPSA) is 78.0 Å². The van der Waals surface area contributed by atoms with Gasteiger partial charge in [-0.2, -0.15) is 5.10 Å². The van der Waals surface area contributed by atoms with Gasteiger partial charge in [0.2, 0.25) is 0 Å². The van der Waals surface area contributed by atoms with Crippen LogP contribution in [-0.4, -0.2) is 29.7 Å². The van der Waals surface area contributed by atoms with Gasteiger partial charge in [0.25, 0.3) is 0 Å². The van der Waals surface area contributed by atoms with Crippen molar-refractivity contribution in [2.75, 3.05) is 11.5 Å². The number of rotatable bonds is 7. The van der Waals surface area contributed by atoms with Gasteiger partial charge in [-0.3, -0.25) is 4.68 Å². The molecule has 0 aromatic carbocycles. The summed E-state index contributed by atoms with van der Waals surface area (Å²) in [6, 6.07) is -0.0681. The van der Waals surface area contributed by atoms with E-state index in [9.17, 15) is 8.42 Å². The number of hydrogen-bond acceptors (Lipinski definition) is 4. The molecule has 0 radical (unpaired) electrons. The predicted molar refractivity (Wildman–Crippen MR) is 77.9 cm³/mol. The third-order valence-electron chi connectivity index (χ3n) is 3.35. The Labute approximate surface area is 116 Å². The molecule has 6 heteroatoms. The summed E-state index contributed by atoms with van der Waals surface area (Å²) >= 11 is 0. The molecule has 1 rings (SSSR count). The van der Waals surface area contributed by atoms with Gasteiger partial charge in [-0.25, -0.2) is 8.42 Å². The fraction of sp³-hybridized carbons (Fsp3) is 0.769. The van der Waals surface area contributed by atoms with Crippen LogP contribution in [0.3, 0.4) is 0 Å². The fourth-order valence-corrected chi connectivity index (χ4v) is 3.02. The first kappa shape index (κ1) is 16.2. The number of nitrogens with two attached hydrogens (primary N) is 1. The molecule has 1 aromatic rings. The van der Waals surface area contributed by atoms with Crippen molar-refractivity contribution in [1.82, 2.24) is 9.78 Å². The molecule has 0 spiro atoms. The van der Waals surface area contributed by atoms with Crippen molar-refractivity contribution in [2.24, 2.45) is 5.73 Å².